The number of amides is 1. The molecular weight excluding hydrogens is 374 g/mol. The number of carbonyl (C=O) groups excluding carboxylic acids is 1. The number of benzene rings is 2. The van der Waals surface area contributed by atoms with Crippen molar-refractivity contribution in [3.05, 3.63) is 65.2 Å². The summed E-state index contributed by atoms with van der Waals surface area (Å²) in [4.78, 5) is 17.6. The van der Waals surface area contributed by atoms with Crippen LogP contribution >= 0.6 is 0 Å². The van der Waals surface area contributed by atoms with Crippen molar-refractivity contribution in [3.8, 4) is 0 Å². The molecule has 0 saturated carbocycles. The van der Waals surface area contributed by atoms with E-state index < -0.39 is 10.0 Å². The van der Waals surface area contributed by atoms with Gasteiger partial charge in [-0.1, -0.05) is 24.3 Å². The monoisotopic (exact) mass is 399 g/mol. The molecule has 2 aliphatic heterocycles. The second-order valence-electron chi connectivity index (χ2n) is 7.56. The Hall–Kier alpha value is -2.22. The summed E-state index contributed by atoms with van der Waals surface area (Å²) in [7, 11) is -0.500. The van der Waals surface area contributed by atoms with Gasteiger partial charge in [0.1, 0.15) is 0 Å². The van der Waals surface area contributed by atoms with Gasteiger partial charge in [-0.05, 0) is 41.8 Å². The Balaban J connectivity index is 1.54. The third-order valence-electron chi connectivity index (χ3n) is 5.74. The number of hydrogen-bond donors (Lipinski definition) is 0. The maximum atomic E-state index is 13.0. The van der Waals surface area contributed by atoms with Crippen LogP contribution in [0.25, 0.3) is 0 Å². The van der Waals surface area contributed by atoms with Gasteiger partial charge in [0.05, 0.1) is 10.9 Å². The SMILES string of the molecule is CN(C)S(=O)(=O)c1ccc(C(=O)N2CCN3CCc4ccccc4C3C2)cc1. The Bertz CT molecular complexity index is 986. The summed E-state index contributed by atoms with van der Waals surface area (Å²) in [6.07, 6.45) is 1.06. The Morgan fingerprint density at radius 2 is 1.71 bits per heavy atom. The van der Waals surface area contributed by atoms with E-state index in [9.17, 15) is 13.2 Å². The van der Waals surface area contributed by atoms with E-state index in [0.29, 0.717) is 18.7 Å². The molecule has 148 valence electrons. The van der Waals surface area contributed by atoms with E-state index in [0.717, 1.165) is 19.5 Å². The highest BCUT2D eigenvalue weighted by atomic mass is 32.2. The highest BCUT2D eigenvalue weighted by Crippen LogP contribution is 2.32. The lowest BCUT2D eigenvalue weighted by Crippen LogP contribution is -2.52. The Labute approximate surface area is 166 Å². The standard InChI is InChI=1S/C21H25N3O3S/c1-22(2)28(26,27)18-9-7-17(8-10-18)21(25)24-14-13-23-12-11-16-5-3-4-6-19(16)20(23)15-24/h3-10,20H,11-15H2,1-2H3. The molecule has 0 aliphatic carbocycles. The van der Waals surface area contributed by atoms with Crippen LogP contribution in [0.2, 0.25) is 0 Å². The second kappa shape index (κ2) is 7.31. The van der Waals surface area contributed by atoms with Gasteiger partial charge >= 0.3 is 0 Å². The van der Waals surface area contributed by atoms with E-state index >= 15 is 0 Å². The minimum atomic E-state index is -3.49. The molecule has 2 aliphatic rings. The number of piperazine rings is 1. The van der Waals surface area contributed by atoms with Gasteiger partial charge in [-0.2, -0.15) is 0 Å². The minimum absolute atomic E-state index is 0.0449. The number of hydrogen-bond acceptors (Lipinski definition) is 4. The van der Waals surface area contributed by atoms with Crippen LogP contribution in [0.1, 0.15) is 27.5 Å². The fourth-order valence-electron chi connectivity index (χ4n) is 4.08. The summed E-state index contributed by atoms with van der Waals surface area (Å²) in [5, 5.41) is 0. The Morgan fingerprint density at radius 1 is 1.00 bits per heavy atom. The van der Waals surface area contributed by atoms with Crippen LogP contribution in [-0.2, 0) is 16.4 Å². The molecule has 7 heteroatoms. The van der Waals surface area contributed by atoms with E-state index in [1.165, 1.54) is 41.7 Å². The first-order chi connectivity index (χ1) is 13.4. The Kier molecular flexibility index (Phi) is 4.99. The third-order valence-corrected chi connectivity index (χ3v) is 7.57. The molecule has 1 amide bonds. The zero-order valence-electron chi connectivity index (χ0n) is 16.2. The maximum absolute atomic E-state index is 13.0. The summed E-state index contributed by atoms with van der Waals surface area (Å²) in [6, 6.07) is 15.0. The lowest BCUT2D eigenvalue weighted by molar-refractivity contribution is 0.0453. The quantitative estimate of drug-likeness (QED) is 0.792. The Morgan fingerprint density at radius 3 is 2.43 bits per heavy atom. The molecule has 0 aromatic heterocycles. The van der Waals surface area contributed by atoms with E-state index in [1.807, 2.05) is 4.90 Å². The molecule has 0 radical (unpaired) electrons. The highest BCUT2D eigenvalue weighted by molar-refractivity contribution is 7.89. The first kappa shape index (κ1) is 19.1. The van der Waals surface area contributed by atoms with Crippen LogP contribution in [0, 0.1) is 0 Å². The zero-order chi connectivity index (χ0) is 19.9. The normalized spacial score (nSPS) is 20.0. The van der Waals surface area contributed by atoms with Crippen molar-refractivity contribution in [2.24, 2.45) is 0 Å². The summed E-state index contributed by atoms with van der Waals surface area (Å²) in [5.41, 5.74) is 3.21. The third kappa shape index (κ3) is 3.34. The van der Waals surface area contributed by atoms with Gasteiger partial charge in [0.15, 0.2) is 0 Å². The average molecular weight is 400 g/mol. The van der Waals surface area contributed by atoms with Crippen LogP contribution in [0.5, 0.6) is 0 Å². The van der Waals surface area contributed by atoms with Gasteiger partial charge in [0.25, 0.3) is 5.91 Å². The topological polar surface area (TPSA) is 60.9 Å². The molecule has 2 aromatic rings. The van der Waals surface area contributed by atoms with E-state index in [1.54, 1.807) is 12.1 Å². The number of sulfonamides is 1. The number of carbonyl (C=O) groups is 1. The van der Waals surface area contributed by atoms with Crippen molar-refractivity contribution in [2.75, 3.05) is 40.3 Å². The first-order valence-corrected chi connectivity index (χ1v) is 11.0. The fraction of sp³-hybridized carbons (Fsp3) is 0.381. The van der Waals surface area contributed by atoms with Crippen molar-refractivity contribution in [1.29, 1.82) is 0 Å². The summed E-state index contributed by atoms with van der Waals surface area (Å²) in [6.45, 7) is 3.24. The molecule has 6 nitrogen and oxygen atoms in total. The van der Waals surface area contributed by atoms with Gasteiger partial charge in [0.2, 0.25) is 10.0 Å². The predicted octanol–water partition coefficient (Wildman–Crippen LogP) is 1.99. The molecule has 1 fully saturated rings. The molecule has 1 unspecified atom stereocenters. The average Bonchev–Trinajstić information content (AvgIpc) is 2.72. The van der Waals surface area contributed by atoms with Gasteiger partial charge < -0.3 is 4.90 Å². The van der Waals surface area contributed by atoms with Crippen molar-refractivity contribution < 1.29 is 13.2 Å². The summed E-state index contributed by atoms with van der Waals surface area (Å²) < 4.78 is 25.6. The number of rotatable bonds is 3. The van der Waals surface area contributed by atoms with Gasteiger partial charge in [-0.15, -0.1) is 0 Å². The number of nitrogens with zero attached hydrogens (tertiary/aromatic N) is 3. The highest BCUT2D eigenvalue weighted by Gasteiger charge is 2.34. The van der Waals surface area contributed by atoms with Crippen molar-refractivity contribution >= 4 is 15.9 Å². The van der Waals surface area contributed by atoms with E-state index in [-0.39, 0.29) is 16.8 Å². The molecule has 2 heterocycles. The molecule has 0 spiro atoms. The van der Waals surface area contributed by atoms with Crippen molar-refractivity contribution in [1.82, 2.24) is 14.1 Å². The molecule has 0 N–H and O–H groups in total. The summed E-state index contributed by atoms with van der Waals surface area (Å²) >= 11 is 0. The molecule has 2 aromatic carbocycles. The fourth-order valence-corrected chi connectivity index (χ4v) is 4.98. The minimum Gasteiger partial charge on any atom is -0.335 e. The van der Waals surface area contributed by atoms with Crippen LogP contribution in [0.4, 0.5) is 0 Å². The lowest BCUT2D eigenvalue weighted by atomic mass is 9.91. The first-order valence-electron chi connectivity index (χ1n) is 9.51. The summed E-state index contributed by atoms with van der Waals surface area (Å²) in [5.74, 6) is -0.0449. The zero-order valence-corrected chi connectivity index (χ0v) is 17.0. The largest absolute Gasteiger partial charge is 0.335 e. The molecule has 4 rings (SSSR count). The van der Waals surface area contributed by atoms with Crippen LogP contribution in [-0.4, -0.2) is 68.7 Å². The molecule has 1 atom stereocenters. The van der Waals surface area contributed by atoms with E-state index in [4.69, 9.17) is 0 Å². The van der Waals surface area contributed by atoms with Crippen LogP contribution in [0.3, 0.4) is 0 Å². The maximum Gasteiger partial charge on any atom is 0.253 e. The smallest absolute Gasteiger partial charge is 0.253 e. The molecule has 28 heavy (non-hydrogen) atoms. The second-order valence-corrected chi connectivity index (χ2v) is 9.72. The van der Waals surface area contributed by atoms with Crippen molar-refractivity contribution in [3.63, 3.8) is 0 Å². The molecule has 0 bridgehead atoms. The van der Waals surface area contributed by atoms with Crippen LogP contribution in [0.15, 0.2) is 53.4 Å². The van der Waals surface area contributed by atoms with E-state index in [2.05, 4.69) is 29.2 Å². The predicted molar refractivity (Wildman–Crippen MR) is 108 cm³/mol. The van der Waals surface area contributed by atoms with Gasteiger partial charge in [0, 0.05) is 45.8 Å². The van der Waals surface area contributed by atoms with Crippen molar-refractivity contribution in [2.45, 2.75) is 17.4 Å². The molecule has 1 saturated heterocycles. The van der Waals surface area contributed by atoms with Crippen LogP contribution < -0.4 is 0 Å². The molecular formula is C21H25N3O3S. The number of fused-ring (bicyclic) bond motifs is 3. The van der Waals surface area contributed by atoms with Gasteiger partial charge in [-0.3, -0.25) is 9.69 Å². The van der Waals surface area contributed by atoms with Gasteiger partial charge in [-0.25, -0.2) is 12.7 Å². The lowest BCUT2D eigenvalue weighted by Gasteiger charge is -2.44.